The quantitative estimate of drug-likeness (QED) is 0.0234. The molecule has 0 unspecified atom stereocenters. The zero-order chi connectivity index (χ0) is 96.6. The highest BCUT2D eigenvalue weighted by Gasteiger charge is 2.03. The first-order chi connectivity index (χ1) is 60.7. The van der Waals surface area contributed by atoms with Gasteiger partial charge in [0.15, 0.2) is 0 Å². The van der Waals surface area contributed by atoms with Gasteiger partial charge < -0.3 is 170 Å². The number of hydrogen-bond donors (Lipinski definition) is 20. The maximum absolute atomic E-state index is 10.8. The predicted octanol–water partition coefficient (Wildman–Crippen LogP) is 3.79. The number of alkyl carbamates (subject to hydrolysis) is 2. The van der Waals surface area contributed by atoms with Crippen molar-refractivity contribution in [2.75, 3.05) is 303 Å². The molecule has 0 rings (SSSR count). The van der Waals surface area contributed by atoms with Crippen molar-refractivity contribution >= 4 is 42.2 Å². The summed E-state index contributed by atoms with van der Waals surface area (Å²) in [6.45, 7) is 13.5. The number of esters is 1. The monoisotopic (exact) mass is 1840 g/mol. The number of aliphatic hydroxyl groups is 12. The standard InChI is InChI=1S/C10H21NO6.C10H21NO5.C9H20N2O2.C9H20O2.C8H17NO3.C7H17NO.C7H14O4.C6H13NO2.C6H14O2.C5H10O3.C4H11NO.C3H8O2/c1-11-10(13)17-9-8-16-7-6-15-5-4-14-3-2-12;1-11-10(13)2-4-14-6-8-16-9-7-15-5-3-12;1-10-9(13)11-7-5-3-2-4-6-8-12;1-11-9-7-5-3-2-4-6-8-10;1-9-8(11)12-7-5-3-2-4-6-10;1-8-6-4-2-3-5-7-9;1-10-7(9)11-6-4-2-3-5-8;1-7-6(9)4-2-3-5-8;1-8-6-4-2-3-5-7;1-8-5(7)3-2-4-6;1-5-3-2-4-6;1-5-3-2-4/h12H,2-9H2,1H3,(H,11,13);12H,2-9H2,1H3,(H,11,13);12H,2-8H2,1H3,(H2,10,11,13);10H,2-9H2,1H3;10H,2-7H2,1H3,(H,9,11);8-9H,2-7H2,1H3;8H,2-6H2,1H3;8H,2-5H2,1H3,(H,7,9);7H,2-6H2,1H3;6H,2-4H2,1H3;5-6H,2-4H2,1H3;4H,2-3H2,1H3. The molecule has 0 saturated heterocycles. The Bertz CT molecular complexity index is 1900. The average Bonchev–Trinajstić information content (AvgIpc) is 1.08. The van der Waals surface area contributed by atoms with Gasteiger partial charge in [-0.1, -0.05) is 64.2 Å². The highest BCUT2D eigenvalue weighted by molar-refractivity contribution is 5.76. The maximum atomic E-state index is 10.8. The Morgan fingerprint density at radius 1 is 0.224 bits per heavy atom. The van der Waals surface area contributed by atoms with Gasteiger partial charge in [0.2, 0.25) is 11.8 Å². The van der Waals surface area contributed by atoms with Gasteiger partial charge in [-0.25, -0.2) is 19.2 Å². The van der Waals surface area contributed by atoms with E-state index in [0.717, 1.165) is 161 Å². The van der Waals surface area contributed by atoms with Gasteiger partial charge in [-0.2, -0.15) is 0 Å². The summed E-state index contributed by atoms with van der Waals surface area (Å²) >= 11 is 0. The number of carbonyl (C=O) groups is 7. The normalized spacial score (nSPS) is 9.70. The number of nitrogens with one attached hydrogen (secondary N) is 8. The molecule has 0 radical (unpaired) electrons. The van der Waals surface area contributed by atoms with Gasteiger partial charge in [0.25, 0.3) is 0 Å². The van der Waals surface area contributed by atoms with E-state index in [4.69, 9.17) is 109 Å². The third-order valence-electron chi connectivity index (χ3n) is 14.7. The number of ether oxygens (including phenoxy) is 14. The lowest BCUT2D eigenvalue weighted by Crippen LogP contribution is -2.33. The molecule has 0 saturated carbocycles. The first-order valence-corrected chi connectivity index (χ1v) is 44.1. The average molecular weight is 1840 g/mol. The van der Waals surface area contributed by atoms with Gasteiger partial charge >= 0.3 is 30.3 Å². The van der Waals surface area contributed by atoms with E-state index < -0.39 is 12.2 Å². The summed E-state index contributed by atoms with van der Waals surface area (Å²) in [5, 5.41) is 121. The van der Waals surface area contributed by atoms with Crippen LogP contribution in [0.2, 0.25) is 0 Å². The number of unbranched alkanes of at least 4 members (excludes halogenated alkanes) is 20. The Hall–Kier alpha value is -5.43. The molecule has 41 heteroatoms. The van der Waals surface area contributed by atoms with E-state index >= 15 is 0 Å². The van der Waals surface area contributed by atoms with Gasteiger partial charge in [0.1, 0.15) is 6.61 Å². The molecule has 0 fully saturated rings. The number of urea groups is 1. The summed E-state index contributed by atoms with van der Waals surface area (Å²) in [4.78, 5) is 73.7. The first kappa shape index (κ1) is 145. The summed E-state index contributed by atoms with van der Waals surface area (Å²) in [5.41, 5.74) is 0. The second-order valence-electron chi connectivity index (χ2n) is 25.5. The van der Waals surface area contributed by atoms with Crippen LogP contribution in [-0.4, -0.2) is 406 Å². The van der Waals surface area contributed by atoms with Crippen molar-refractivity contribution in [3.63, 3.8) is 0 Å². The van der Waals surface area contributed by atoms with E-state index in [1.165, 1.54) is 73.3 Å². The van der Waals surface area contributed by atoms with Crippen LogP contribution in [0.25, 0.3) is 0 Å². The highest BCUT2D eigenvalue weighted by Crippen LogP contribution is 2.06. The van der Waals surface area contributed by atoms with Crippen LogP contribution in [0, 0.1) is 0 Å². The molecule has 20 N–H and O–H groups in total. The first-order valence-electron chi connectivity index (χ1n) is 44.1. The Kier molecular flexibility index (Phi) is 181. The van der Waals surface area contributed by atoms with Crippen molar-refractivity contribution < 1.29 is 161 Å². The second-order valence-corrected chi connectivity index (χ2v) is 25.5. The molecule has 0 aromatic heterocycles. The molecule has 0 atom stereocenters. The van der Waals surface area contributed by atoms with Crippen molar-refractivity contribution in [2.45, 2.75) is 205 Å². The van der Waals surface area contributed by atoms with Crippen LogP contribution in [0.1, 0.15) is 205 Å². The van der Waals surface area contributed by atoms with E-state index in [2.05, 4.69) is 61.5 Å². The number of rotatable bonds is 71. The maximum Gasteiger partial charge on any atom is 0.507 e. The largest absolute Gasteiger partial charge is 0.507 e. The second kappa shape index (κ2) is 156. The molecular weight excluding hydrogens is 1650 g/mol. The minimum absolute atomic E-state index is 0.0223. The topological polar surface area (TPSA) is 588 Å². The molecule has 0 spiro atoms. The fraction of sp³-hybridized carbons (Fsp3) is 0.917. The van der Waals surface area contributed by atoms with E-state index in [9.17, 15) is 33.6 Å². The van der Waals surface area contributed by atoms with Crippen LogP contribution in [0.3, 0.4) is 0 Å². The summed E-state index contributed by atoms with van der Waals surface area (Å²) in [6.07, 6.45) is 28.6. The molecular formula is C84H186N8O33. The third-order valence-corrected chi connectivity index (χ3v) is 14.7. The summed E-state index contributed by atoms with van der Waals surface area (Å²) < 4.78 is 67.4. The highest BCUT2D eigenvalue weighted by atomic mass is 16.7. The van der Waals surface area contributed by atoms with Crippen LogP contribution in [0.5, 0.6) is 0 Å². The molecule has 0 aliphatic rings. The van der Waals surface area contributed by atoms with Crippen molar-refractivity contribution in [3.8, 4) is 0 Å². The number of hydrogen-bond acceptors (Lipinski definition) is 35. The fourth-order valence-corrected chi connectivity index (χ4v) is 7.80. The van der Waals surface area contributed by atoms with Gasteiger partial charge in [-0.15, -0.1) is 0 Å². The van der Waals surface area contributed by atoms with Crippen molar-refractivity contribution in [3.05, 3.63) is 0 Å². The molecule has 41 nitrogen and oxygen atoms in total. The molecule has 0 aliphatic heterocycles. The number of aliphatic hydroxyl groups excluding tert-OH is 12. The van der Waals surface area contributed by atoms with Crippen LogP contribution in [0.4, 0.5) is 19.2 Å². The zero-order valence-electron chi connectivity index (χ0n) is 79.4. The molecule has 125 heavy (non-hydrogen) atoms. The lowest BCUT2D eigenvalue weighted by molar-refractivity contribution is -0.141. The van der Waals surface area contributed by atoms with E-state index in [1.54, 1.807) is 42.5 Å². The summed E-state index contributed by atoms with van der Waals surface area (Å²) in [7, 11) is 19.3. The minimum Gasteiger partial charge on any atom is -0.469 e. The Balaban J connectivity index is -0.000000113. The molecule has 0 bridgehead atoms. The summed E-state index contributed by atoms with van der Waals surface area (Å²) in [6, 6.07) is -0.115. The molecule has 0 aliphatic carbocycles. The predicted molar refractivity (Wildman–Crippen MR) is 483 cm³/mol. The van der Waals surface area contributed by atoms with Crippen LogP contribution in [-0.2, 0) is 80.7 Å². The van der Waals surface area contributed by atoms with Gasteiger partial charge in [0.05, 0.1) is 133 Å². The van der Waals surface area contributed by atoms with Crippen molar-refractivity contribution in [2.24, 2.45) is 0 Å². The smallest absolute Gasteiger partial charge is 0.469 e. The Morgan fingerprint density at radius 3 is 0.840 bits per heavy atom. The van der Waals surface area contributed by atoms with Crippen molar-refractivity contribution in [1.82, 2.24) is 42.5 Å². The molecule has 0 aromatic carbocycles. The zero-order valence-corrected chi connectivity index (χ0v) is 79.4. The Labute approximate surface area is 751 Å². The lowest BCUT2D eigenvalue weighted by atomic mass is 10.1. The fourth-order valence-electron chi connectivity index (χ4n) is 7.80. The molecule has 760 valence electrons. The number of carbonyl (C=O) groups excluding carboxylic acids is 7. The van der Waals surface area contributed by atoms with Gasteiger partial charge in [0, 0.05) is 155 Å². The SMILES string of the molecule is CNC(=O)CCCCO.CNC(=O)CCOCCOCCOCCO.CNC(=O)NCCCCCCCO.CNC(=O)OCCCCCCO.CNC(=O)OCCOCCOCCOCCO.CNCCCCCCO.CNCCCO.COC(=O)CCCO.COC(=O)OCCCCCO.COCCCCCCCCO.COCCCCCO.COCCO. The Morgan fingerprint density at radius 2 is 0.520 bits per heavy atom. The van der Waals surface area contributed by atoms with E-state index in [-0.39, 0.29) is 89.4 Å². The molecule has 0 heterocycles. The van der Waals surface area contributed by atoms with Gasteiger partial charge in [-0.3, -0.25) is 14.4 Å². The van der Waals surface area contributed by atoms with Crippen LogP contribution < -0.4 is 42.5 Å². The third kappa shape index (κ3) is 196. The van der Waals surface area contributed by atoms with Crippen LogP contribution in [0.15, 0.2) is 0 Å². The number of methoxy groups -OCH3 is 5. The number of amides is 6. The van der Waals surface area contributed by atoms with E-state index in [0.29, 0.717) is 158 Å². The van der Waals surface area contributed by atoms with E-state index in [1.807, 2.05) is 14.1 Å². The molecule has 0 aromatic rings. The molecule has 6 amide bonds. The van der Waals surface area contributed by atoms with Crippen LogP contribution >= 0.6 is 0 Å². The minimum atomic E-state index is -0.644. The van der Waals surface area contributed by atoms with Gasteiger partial charge in [-0.05, 0) is 149 Å². The van der Waals surface area contributed by atoms with Crippen molar-refractivity contribution in [1.29, 1.82) is 0 Å². The lowest BCUT2D eigenvalue weighted by Gasteiger charge is -2.06. The summed E-state index contributed by atoms with van der Waals surface area (Å²) in [5.74, 6) is -0.249.